The molecule has 22 heavy (non-hydrogen) atoms. The fourth-order valence-electron chi connectivity index (χ4n) is 3.06. The second-order valence-corrected chi connectivity index (χ2v) is 6.45. The number of aliphatic hydroxyl groups is 1. The molecule has 2 aliphatic rings. The van der Waals surface area contributed by atoms with Crippen LogP contribution < -0.4 is 10.6 Å². The Morgan fingerprint density at radius 3 is 2.64 bits per heavy atom. The van der Waals surface area contributed by atoms with E-state index in [1.54, 1.807) is 0 Å². The molecule has 1 aromatic carbocycles. The second kappa shape index (κ2) is 7.11. The zero-order valence-electron chi connectivity index (χ0n) is 12.9. The molecule has 0 unspecified atom stereocenters. The van der Waals surface area contributed by atoms with Gasteiger partial charge in [0.1, 0.15) is 0 Å². The highest BCUT2D eigenvalue weighted by molar-refractivity contribution is 5.75. The number of nitrogens with one attached hydrogen (secondary N) is 2. The fraction of sp³-hybridized carbons (Fsp3) is 0.588. The van der Waals surface area contributed by atoms with Crippen molar-refractivity contribution in [3.8, 4) is 0 Å². The molecule has 1 saturated heterocycles. The number of aliphatic hydroxyl groups excluding tert-OH is 1. The minimum Gasteiger partial charge on any atom is -0.396 e. The van der Waals surface area contributed by atoms with Crippen molar-refractivity contribution >= 4 is 6.03 Å². The maximum atomic E-state index is 12.0. The van der Waals surface area contributed by atoms with Gasteiger partial charge in [0.2, 0.25) is 0 Å². The van der Waals surface area contributed by atoms with Crippen LogP contribution in [0.4, 0.5) is 4.79 Å². The van der Waals surface area contributed by atoms with Gasteiger partial charge in [0.15, 0.2) is 0 Å². The van der Waals surface area contributed by atoms with Gasteiger partial charge in [-0.15, -0.1) is 0 Å². The van der Waals surface area contributed by atoms with Crippen LogP contribution in [0.1, 0.15) is 24.8 Å². The number of urea groups is 1. The summed E-state index contributed by atoms with van der Waals surface area (Å²) in [6, 6.07) is 10.7. The van der Waals surface area contributed by atoms with E-state index in [0.29, 0.717) is 6.04 Å². The van der Waals surface area contributed by atoms with Crippen molar-refractivity contribution < 1.29 is 9.90 Å². The topological polar surface area (TPSA) is 64.6 Å². The Kier molecular flexibility index (Phi) is 4.95. The lowest BCUT2D eigenvalue weighted by atomic mass is 9.92. The van der Waals surface area contributed by atoms with Crippen LogP contribution in [0.2, 0.25) is 0 Å². The zero-order valence-corrected chi connectivity index (χ0v) is 12.9. The quantitative estimate of drug-likeness (QED) is 0.769. The maximum Gasteiger partial charge on any atom is 0.315 e. The molecule has 120 valence electrons. The van der Waals surface area contributed by atoms with Crippen molar-refractivity contribution in [1.29, 1.82) is 0 Å². The summed E-state index contributed by atoms with van der Waals surface area (Å²) < 4.78 is 0. The van der Waals surface area contributed by atoms with Crippen LogP contribution in [-0.4, -0.2) is 47.8 Å². The first-order valence-corrected chi connectivity index (χ1v) is 8.19. The van der Waals surface area contributed by atoms with E-state index >= 15 is 0 Å². The van der Waals surface area contributed by atoms with Crippen molar-refractivity contribution in [2.75, 3.05) is 19.7 Å². The van der Waals surface area contributed by atoms with E-state index in [2.05, 4.69) is 39.8 Å². The molecule has 1 aliphatic heterocycles. The summed E-state index contributed by atoms with van der Waals surface area (Å²) in [7, 11) is 0. The number of carbonyl (C=O) groups excluding carboxylic acids is 1. The molecule has 2 atom stereocenters. The predicted octanol–water partition coefficient (Wildman–Crippen LogP) is 1.33. The first-order valence-electron chi connectivity index (χ1n) is 8.19. The van der Waals surface area contributed by atoms with Gasteiger partial charge in [-0.1, -0.05) is 30.3 Å². The molecular weight excluding hydrogens is 278 g/mol. The molecule has 0 bridgehead atoms. The monoisotopic (exact) mass is 303 g/mol. The lowest BCUT2D eigenvalue weighted by Gasteiger charge is -2.38. The standard InChI is InChI=1S/C17H25N3O2/c21-12-14-8-9-20(10-13-4-2-1-3-5-13)11-16(14)19-17(22)18-15-6-7-15/h1-5,14-16,21H,6-12H2,(H2,18,19,22)/t14-,16-/m0/s1. The second-order valence-electron chi connectivity index (χ2n) is 6.45. The minimum absolute atomic E-state index is 0.0150. The third-order valence-corrected chi connectivity index (χ3v) is 4.55. The normalized spacial score (nSPS) is 25.7. The molecule has 0 aromatic heterocycles. The van der Waals surface area contributed by atoms with Gasteiger partial charge in [-0.3, -0.25) is 4.90 Å². The molecule has 1 aromatic rings. The number of nitrogens with zero attached hydrogens (tertiary/aromatic N) is 1. The van der Waals surface area contributed by atoms with Gasteiger partial charge in [0, 0.05) is 37.7 Å². The average molecular weight is 303 g/mol. The van der Waals surface area contributed by atoms with Gasteiger partial charge in [0.25, 0.3) is 0 Å². The molecule has 1 saturated carbocycles. The number of likely N-dealkylation sites (tertiary alicyclic amines) is 1. The minimum atomic E-state index is -0.0903. The molecule has 0 radical (unpaired) electrons. The SMILES string of the molecule is O=C(NC1CC1)N[C@H]1CN(Cc2ccccc2)CC[C@H]1CO. The van der Waals surface area contributed by atoms with Gasteiger partial charge >= 0.3 is 6.03 Å². The van der Waals surface area contributed by atoms with Gasteiger partial charge in [-0.25, -0.2) is 4.79 Å². The maximum absolute atomic E-state index is 12.0. The molecule has 2 fully saturated rings. The van der Waals surface area contributed by atoms with Crippen LogP contribution in [0, 0.1) is 5.92 Å². The van der Waals surface area contributed by atoms with Gasteiger partial charge in [-0.2, -0.15) is 0 Å². The largest absolute Gasteiger partial charge is 0.396 e. The van der Waals surface area contributed by atoms with E-state index in [1.165, 1.54) is 5.56 Å². The highest BCUT2D eigenvalue weighted by Gasteiger charge is 2.31. The highest BCUT2D eigenvalue weighted by atomic mass is 16.3. The number of carbonyl (C=O) groups is 1. The lowest BCUT2D eigenvalue weighted by Crippen LogP contribution is -2.55. The summed E-state index contributed by atoms with van der Waals surface area (Å²) in [4.78, 5) is 14.3. The summed E-state index contributed by atoms with van der Waals surface area (Å²) >= 11 is 0. The van der Waals surface area contributed by atoms with Crippen molar-refractivity contribution in [2.45, 2.75) is 37.9 Å². The summed E-state index contributed by atoms with van der Waals surface area (Å²) in [5, 5.41) is 15.6. The molecule has 5 nitrogen and oxygen atoms in total. The summed E-state index contributed by atoms with van der Waals surface area (Å²) in [6.07, 6.45) is 3.08. The average Bonchev–Trinajstić information content (AvgIpc) is 3.32. The fourth-order valence-corrected chi connectivity index (χ4v) is 3.06. The lowest BCUT2D eigenvalue weighted by molar-refractivity contribution is 0.0947. The Morgan fingerprint density at radius 2 is 1.95 bits per heavy atom. The van der Waals surface area contributed by atoms with Crippen LogP contribution in [0.25, 0.3) is 0 Å². The molecule has 3 N–H and O–H groups in total. The number of hydrogen-bond donors (Lipinski definition) is 3. The summed E-state index contributed by atoms with van der Waals surface area (Å²) in [6.45, 7) is 2.77. The van der Waals surface area contributed by atoms with E-state index in [4.69, 9.17) is 0 Å². The van der Waals surface area contributed by atoms with Gasteiger partial charge in [-0.05, 0) is 31.4 Å². The molecule has 1 heterocycles. The predicted molar refractivity (Wildman–Crippen MR) is 85.4 cm³/mol. The molecule has 2 amide bonds. The van der Waals surface area contributed by atoms with E-state index in [-0.39, 0.29) is 24.6 Å². The molecule has 5 heteroatoms. The number of hydrogen-bond acceptors (Lipinski definition) is 3. The molecule has 0 spiro atoms. The van der Waals surface area contributed by atoms with E-state index in [0.717, 1.165) is 38.9 Å². The van der Waals surface area contributed by atoms with Gasteiger partial charge in [0.05, 0.1) is 0 Å². The first-order chi connectivity index (χ1) is 10.7. The van der Waals surface area contributed by atoms with Crippen molar-refractivity contribution in [3.05, 3.63) is 35.9 Å². The van der Waals surface area contributed by atoms with Crippen LogP contribution in [0.3, 0.4) is 0 Å². The van der Waals surface area contributed by atoms with E-state index in [9.17, 15) is 9.90 Å². The van der Waals surface area contributed by atoms with Crippen LogP contribution in [-0.2, 0) is 6.54 Å². The van der Waals surface area contributed by atoms with Crippen LogP contribution in [0.15, 0.2) is 30.3 Å². The van der Waals surface area contributed by atoms with Crippen LogP contribution in [0.5, 0.6) is 0 Å². The number of piperidine rings is 1. The molecule has 3 rings (SSSR count). The summed E-state index contributed by atoms with van der Waals surface area (Å²) in [5.41, 5.74) is 1.28. The Balaban J connectivity index is 1.55. The Morgan fingerprint density at radius 1 is 1.18 bits per heavy atom. The zero-order chi connectivity index (χ0) is 15.4. The first kappa shape index (κ1) is 15.3. The third-order valence-electron chi connectivity index (χ3n) is 4.55. The van der Waals surface area contributed by atoms with E-state index in [1.807, 2.05) is 6.07 Å². The highest BCUT2D eigenvalue weighted by Crippen LogP contribution is 2.21. The summed E-state index contributed by atoms with van der Waals surface area (Å²) in [5.74, 6) is 0.150. The number of benzene rings is 1. The van der Waals surface area contributed by atoms with Crippen molar-refractivity contribution in [2.24, 2.45) is 5.92 Å². The number of rotatable bonds is 5. The van der Waals surface area contributed by atoms with Crippen molar-refractivity contribution in [1.82, 2.24) is 15.5 Å². The van der Waals surface area contributed by atoms with Gasteiger partial charge < -0.3 is 15.7 Å². The Labute approximate surface area is 131 Å². The van der Waals surface area contributed by atoms with Crippen LogP contribution >= 0.6 is 0 Å². The smallest absolute Gasteiger partial charge is 0.315 e. The van der Waals surface area contributed by atoms with Crippen molar-refractivity contribution in [3.63, 3.8) is 0 Å². The third kappa shape index (κ3) is 4.21. The number of amides is 2. The van der Waals surface area contributed by atoms with E-state index < -0.39 is 0 Å². The Bertz CT molecular complexity index is 490. The molecule has 1 aliphatic carbocycles. The Hall–Kier alpha value is -1.59. The molecular formula is C17H25N3O2.